The number of hydrogen-bond acceptors (Lipinski definition) is 6. The lowest BCUT2D eigenvalue weighted by Gasteiger charge is -2.03. The van der Waals surface area contributed by atoms with Gasteiger partial charge in [0.25, 0.3) is 5.56 Å². The molecule has 4 N–H and O–H groups in total. The van der Waals surface area contributed by atoms with E-state index in [2.05, 4.69) is 15.5 Å². The normalized spacial score (nSPS) is 12.6. The summed E-state index contributed by atoms with van der Waals surface area (Å²) in [5, 5.41) is 18.4. The smallest absolute Gasteiger partial charge is 0.320 e. The van der Waals surface area contributed by atoms with Crippen molar-refractivity contribution in [2.24, 2.45) is 12.8 Å². The molecule has 96 valence electrons. The second-order valence-corrected chi connectivity index (χ2v) is 3.77. The Balaban J connectivity index is 2.39. The van der Waals surface area contributed by atoms with Gasteiger partial charge in [-0.05, 0) is 0 Å². The maximum Gasteiger partial charge on any atom is 0.320 e. The summed E-state index contributed by atoms with van der Waals surface area (Å²) in [5.74, 6) is -1.04. The van der Waals surface area contributed by atoms with Crippen molar-refractivity contribution in [3.05, 3.63) is 22.1 Å². The van der Waals surface area contributed by atoms with Crippen molar-refractivity contribution in [1.82, 2.24) is 20.2 Å². The standard InChI is InChI=1S/C9H11N5O4/c1-14-3-6(11-13-14)7-4(8(15)12-18-7)2-5(10)9(16)17/h3,5H,2,10H2,1H3,(H,12,15)(H,16,17)/t5-/m0/s1. The number of nitrogens with one attached hydrogen (secondary N) is 1. The highest BCUT2D eigenvalue weighted by Crippen LogP contribution is 2.19. The van der Waals surface area contributed by atoms with Crippen LogP contribution in [0.25, 0.3) is 11.5 Å². The van der Waals surface area contributed by atoms with Crippen LogP contribution in [0, 0.1) is 0 Å². The molecule has 0 aliphatic heterocycles. The summed E-state index contributed by atoms with van der Waals surface area (Å²) in [6.07, 6.45) is 1.40. The van der Waals surface area contributed by atoms with Crippen LogP contribution in [0.3, 0.4) is 0 Å². The van der Waals surface area contributed by atoms with Gasteiger partial charge in [0.2, 0.25) is 0 Å². The Hall–Kier alpha value is -2.42. The Kier molecular flexibility index (Phi) is 2.98. The number of aliphatic carboxylic acids is 1. The number of carbonyl (C=O) groups is 1. The largest absolute Gasteiger partial charge is 0.480 e. The number of aromatic nitrogens is 4. The fourth-order valence-electron chi connectivity index (χ4n) is 1.47. The third-order valence-electron chi connectivity index (χ3n) is 2.37. The topological polar surface area (TPSA) is 140 Å². The van der Waals surface area contributed by atoms with Crippen LogP contribution in [0.2, 0.25) is 0 Å². The minimum Gasteiger partial charge on any atom is -0.480 e. The van der Waals surface area contributed by atoms with Gasteiger partial charge in [-0.15, -0.1) is 5.10 Å². The Bertz CT molecular complexity index is 625. The molecule has 0 fully saturated rings. The van der Waals surface area contributed by atoms with Crippen LogP contribution in [0.4, 0.5) is 0 Å². The number of aryl methyl sites for hydroxylation is 1. The Morgan fingerprint density at radius 3 is 3.00 bits per heavy atom. The minimum absolute atomic E-state index is 0.144. The highest BCUT2D eigenvalue weighted by atomic mass is 16.5. The second-order valence-electron chi connectivity index (χ2n) is 3.77. The average Bonchev–Trinajstić information content (AvgIpc) is 2.87. The van der Waals surface area contributed by atoms with Crippen molar-refractivity contribution in [1.29, 1.82) is 0 Å². The molecule has 0 saturated heterocycles. The van der Waals surface area contributed by atoms with Gasteiger partial charge in [0, 0.05) is 13.5 Å². The summed E-state index contributed by atoms with van der Waals surface area (Å²) in [6.45, 7) is 0. The van der Waals surface area contributed by atoms with E-state index in [-0.39, 0.29) is 17.7 Å². The van der Waals surface area contributed by atoms with Gasteiger partial charge in [-0.3, -0.25) is 14.3 Å². The van der Waals surface area contributed by atoms with E-state index in [4.69, 9.17) is 15.4 Å². The van der Waals surface area contributed by atoms with Gasteiger partial charge < -0.3 is 15.4 Å². The number of aromatic amines is 1. The maximum atomic E-state index is 11.5. The summed E-state index contributed by atoms with van der Waals surface area (Å²) in [5.41, 5.74) is 5.35. The van der Waals surface area contributed by atoms with E-state index in [9.17, 15) is 9.59 Å². The summed E-state index contributed by atoms with van der Waals surface area (Å²) in [4.78, 5) is 22.2. The second kappa shape index (κ2) is 4.45. The van der Waals surface area contributed by atoms with Gasteiger partial charge >= 0.3 is 5.97 Å². The monoisotopic (exact) mass is 253 g/mol. The zero-order chi connectivity index (χ0) is 13.3. The third-order valence-corrected chi connectivity index (χ3v) is 2.37. The van der Waals surface area contributed by atoms with Crippen molar-refractivity contribution in [3.63, 3.8) is 0 Å². The van der Waals surface area contributed by atoms with Crippen LogP contribution >= 0.6 is 0 Å². The van der Waals surface area contributed by atoms with Gasteiger partial charge in [0.15, 0.2) is 11.5 Å². The van der Waals surface area contributed by atoms with Crippen molar-refractivity contribution in [2.75, 3.05) is 0 Å². The molecule has 9 heteroatoms. The van der Waals surface area contributed by atoms with E-state index in [0.717, 1.165) is 0 Å². The number of rotatable bonds is 4. The Morgan fingerprint density at radius 2 is 2.44 bits per heavy atom. The summed E-state index contributed by atoms with van der Waals surface area (Å²) >= 11 is 0. The first-order chi connectivity index (χ1) is 8.49. The molecule has 0 amide bonds. The van der Waals surface area contributed by atoms with Gasteiger partial charge in [0.1, 0.15) is 6.04 Å². The van der Waals surface area contributed by atoms with Gasteiger partial charge in [-0.25, -0.2) is 0 Å². The first kappa shape index (κ1) is 12.0. The lowest BCUT2D eigenvalue weighted by atomic mass is 10.1. The van der Waals surface area contributed by atoms with E-state index in [1.807, 2.05) is 0 Å². The van der Waals surface area contributed by atoms with Crippen LogP contribution in [-0.4, -0.2) is 37.3 Å². The molecular formula is C9H11N5O4. The lowest BCUT2D eigenvalue weighted by Crippen LogP contribution is -2.33. The lowest BCUT2D eigenvalue weighted by molar-refractivity contribution is -0.138. The number of hydrogen-bond donors (Lipinski definition) is 3. The number of nitrogens with zero attached hydrogens (tertiary/aromatic N) is 3. The number of nitrogens with two attached hydrogens (primary N) is 1. The quantitative estimate of drug-likeness (QED) is 0.616. The average molecular weight is 253 g/mol. The van der Waals surface area contributed by atoms with Gasteiger partial charge in [-0.1, -0.05) is 5.21 Å². The van der Waals surface area contributed by atoms with Crippen LogP contribution in [0.5, 0.6) is 0 Å². The molecule has 0 aromatic carbocycles. The first-order valence-electron chi connectivity index (χ1n) is 5.04. The van der Waals surface area contributed by atoms with Gasteiger partial charge in [-0.2, -0.15) is 5.16 Å². The molecule has 2 heterocycles. The molecule has 0 aliphatic rings. The molecule has 0 spiro atoms. The fraction of sp³-hybridized carbons (Fsp3) is 0.333. The number of carboxylic acid groups (broad SMARTS) is 1. The van der Waals surface area contributed by atoms with E-state index in [0.29, 0.717) is 5.69 Å². The molecule has 0 unspecified atom stereocenters. The van der Waals surface area contributed by atoms with Crippen LogP contribution in [0.15, 0.2) is 15.5 Å². The van der Waals surface area contributed by atoms with Crippen molar-refractivity contribution in [3.8, 4) is 11.5 Å². The molecule has 0 aliphatic carbocycles. The highest BCUT2D eigenvalue weighted by molar-refractivity contribution is 5.74. The highest BCUT2D eigenvalue weighted by Gasteiger charge is 2.22. The predicted octanol–water partition coefficient (Wildman–Crippen LogP) is -1.28. The summed E-state index contributed by atoms with van der Waals surface area (Å²) < 4.78 is 6.41. The number of carboxylic acids is 1. The summed E-state index contributed by atoms with van der Waals surface area (Å²) in [7, 11) is 1.66. The Morgan fingerprint density at radius 1 is 1.72 bits per heavy atom. The van der Waals surface area contributed by atoms with E-state index in [1.54, 1.807) is 13.2 Å². The van der Waals surface area contributed by atoms with Crippen molar-refractivity contribution in [2.45, 2.75) is 12.5 Å². The zero-order valence-corrected chi connectivity index (χ0v) is 9.45. The van der Waals surface area contributed by atoms with E-state index < -0.39 is 17.6 Å². The first-order valence-corrected chi connectivity index (χ1v) is 5.04. The minimum atomic E-state index is -1.19. The number of H-pyrrole nitrogens is 1. The molecule has 2 aromatic rings. The SMILES string of the molecule is Cn1cc(-c2o[nH]c(=O)c2C[C@H](N)C(=O)O)nn1. The van der Waals surface area contributed by atoms with Gasteiger partial charge in [0.05, 0.1) is 11.8 Å². The molecule has 2 aromatic heterocycles. The molecule has 9 nitrogen and oxygen atoms in total. The molecule has 0 saturated carbocycles. The zero-order valence-electron chi connectivity index (χ0n) is 9.45. The molecule has 0 bridgehead atoms. The maximum absolute atomic E-state index is 11.5. The van der Waals surface area contributed by atoms with Crippen molar-refractivity contribution < 1.29 is 14.4 Å². The van der Waals surface area contributed by atoms with E-state index in [1.165, 1.54) is 4.68 Å². The Labute approximate surface area is 100 Å². The fourth-order valence-corrected chi connectivity index (χ4v) is 1.47. The molecule has 2 rings (SSSR count). The predicted molar refractivity (Wildman–Crippen MR) is 58.6 cm³/mol. The molecule has 18 heavy (non-hydrogen) atoms. The van der Waals surface area contributed by atoms with Crippen LogP contribution in [0.1, 0.15) is 5.56 Å². The third kappa shape index (κ3) is 2.15. The summed E-state index contributed by atoms with van der Waals surface area (Å²) in [6, 6.07) is -1.18. The van der Waals surface area contributed by atoms with E-state index >= 15 is 0 Å². The van der Waals surface area contributed by atoms with Crippen LogP contribution in [-0.2, 0) is 18.3 Å². The van der Waals surface area contributed by atoms with Crippen molar-refractivity contribution >= 4 is 5.97 Å². The molecular weight excluding hydrogens is 242 g/mol. The van der Waals surface area contributed by atoms with Crippen LogP contribution < -0.4 is 11.3 Å². The molecule has 1 atom stereocenters. The molecule has 0 radical (unpaired) electrons.